The van der Waals surface area contributed by atoms with Crippen LogP contribution in [0.4, 0.5) is 0 Å². The number of nitrogens with zero attached hydrogens (tertiary/aromatic N) is 2. The third kappa shape index (κ3) is 3.51. The summed E-state index contributed by atoms with van der Waals surface area (Å²) in [5.74, 6) is 0.535. The zero-order valence-electron chi connectivity index (χ0n) is 15.4. The first-order chi connectivity index (χ1) is 13.2. The van der Waals surface area contributed by atoms with Gasteiger partial charge in [-0.25, -0.2) is 0 Å². The van der Waals surface area contributed by atoms with Crippen LogP contribution in [-0.2, 0) is 0 Å². The van der Waals surface area contributed by atoms with Gasteiger partial charge in [-0.3, -0.25) is 9.89 Å². The normalized spacial score (nSPS) is 19.4. The van der Waals surface area contributed by atoms with Gasteiger partial charge in [-0.15, -0.1) is 0 Å². The van der Waals surface area contributed by atoms with Crippen LogP contribution in [0.15, 0.2) is 60.7 Å². The van der Waals surface area contributed by atoms with E-state index in [0.717, 1.165) is 11.3 Å². The van der Waals surface area contributed by atoms with Crippen LogP contribution < -0.4 is 5.73 Å². The van der Waals surface area contributed by atoms with E-state index in [9.17, 15) is 4.79 Å². The molecule has 1 amide bonds. The lowest BCUT2D eigenvalue weighted by Crippen LogP contribution is -2.30. The maximum atomic E-state index is 13.0. The average molecular weight is 360 g/mol. The number of carbonyl (C=O) groups is 1. The van der Waals surface area contributed by atoms with Gasteiger partial charge in [0.25, 0.3) is 5.91 Å². The highest BCUT2D eigenvalue weighted by Gasteiger charge is 2.36. The Balaban J connectivity index is 1.52. The molecule has 1 saturated heterocycles. The lowest BCUT2D eigenvalue weighted by Gasteiger charge is -2.16. The molecule has 4 rings (SSSR count). The Morgan fingerprint density at radius 2 is 1.89 bits per heavy atom. The summed E-state index contributed by atoms with van der Waals surface area (Å²) in [6.45, 7) is 3.98. The fourth-order valence-electron chi connectivity index (χ4n) is 3.83. The summed E-state index contributed by atoms with van der Waals surface area (Å²) < 4.78 is 0. The van der Waals surface area contributed by atoms with Crippen molar-refractivity contribution in [3.8, 4) is 11.3 Å². The van der Waals surface area contributed by atoms with Crippen molar-refractivity contribution < 1.29 is 4.79 Å². The number of hydrogen-bond donors (Lipinski definition) is 2. The maximum absolute atomic E-state index is 13.0. The molecular formula is C22H24N4O. The number of aryl methyl sites for hydroxylation is 1. The van der Waals surface area contributed by atoms with Gasteiger partial charge in [-0.1, -0.05) is 60.2 Å². The summed E-state index contributed by atoms with van der Waals surface area (Å²) in [7, 11) is 0. The van der Waals surface area contributed by atoms with Crippen LogP contribution in [0, 0.1) is 12.8 Å². The second-order valence-corrected chi connectivity index (χ2v) is 7.26. The van der Waals surface area contributed by atoms with E-state index in [2.05, 4.69) is 22.3 Å². The molecular weight excluding hydrogens is 336 g/mol. The quantitative estimate of drug-likeness (QED) is 0.750. The van der Waals surface area contributed by atoms with Crippen molar-refractivity contribution in [2.75, 3.05) is 19.6 Å². The second kappa shape index (κ2) is 7.37. The van der Waals surface area contributed by atoms with E-state index in [-0.39, 0.29) is 17.7 Å². The molecule has 5 heteroatoms. The second-order valence-electron chi connectivity index (χ2n) is 7.26. The fourth-order valence-corrected chi connectivity index (χ4v) is 3.83. The Labute approximate surface area is 159 Å². The zero-order chi connectivity index (χ0) is 18.8. The standard InChI is InChI=1S/C22H24N4O/c1-15-7-9-17(10-8-15)20-11-21(25-24-20)22(27)26-13-18(12-23)19(14-26)16-5-3-2-4-6-16/h2-11,18-19H,12-14,23H2,1H3,(H,24,25)/t18-,19+/m1/s1. The molecule has 5 nitrogen and oxygen atoms in total. The van der Waals surface area contributed by atoms with Crippen molar-refractivity contribution >= 4 is 5.91 Å². The number of amides is 1. The van der Waals surface area contributed by atoms with Crippen LogP contribution in [0.1, 0.15) is 27.5 Å². The number of H-pyrrole nitrogens is 1. The van der Waals surface area contributed by atoms with Crippen LogP contribution in [0.3, 0.4) is 0 Å². The number of benzene rings is 2. The third-order valence-corrected chi connectivity index (χ3v) is 5.41. The topological polar surface area (TPSA) is 75.0 Å². The van der Waals surface area contributed by atoms with E-state index in [4.69, 9.17) is 5.73 Å². The third-order valence-electron chi connectivity index (χ3n) is 5.41. The van der Waals surface area contributed by atoms with Crippen LogP contribution in [0.25, 0.3) is 11.3 Å². The van der Waals surface area contributed by atoms with Crippen LogP contribution in [-0.4, -0.2) is 40.6 Å². The average Bonchev–Trinajstić information content (AvgIpc) is 3.36. The number of aromatic amines is 1. The van der Waals surface area contributed by atoms with E-state index in [1.807, 2.05) is 60.4 Å². The number of aromatic nitrogens is 2. The summed E-state index contributed by atoms with van der Waals surface area (Å²) in [6, 6.07) is 20.3. The molecule has 0 radical (unpaired) electrons. The van der Waals surface area contributed by atoms with Crippen molar-refractivity contribution in [3.63, 3.8) is 0 Å². The Kier molecular flexibility index (Phi) is 4.77. The smallest absolute Gasteiger partial charge is 0.271 e. The van der Waals surface area contributed by atoms with E-state index in [0.29, 0.717) is 25.3 Å². The highest BCUT2D eigenvalue weighted by molar-refractivity contribution is 5.93. The Bertz CT molecular complexity index is 917. The van der Waals surface area contributed by atoms with Crippen molar-refractivity contribution in [1.82, 2.24) is 15.1 Å². The molecule has 1 aliphatic rings. The van der Waals surface area contributed by atoms with Gasteiger partial charge >= 0.3 is 0 Å². The van der Waals surface area contributed by atoms with Gasteiger partial charge in [-0.05, 0) is 31.0 Å². The summed E-state index contributed by atoms with van der Waals surface area (Å²) in [5, 5.41) is 7.24. The molecule has 0 aliphatic carbocycles. The van der Waals surface area contributed by atoms with Crippen molar-refractivity contribution in [3.05, 3.63) is 77.5 Å². The number of nitrogens with one attached hydrogen (secondary N) is 1. The maximum Gasteiger partial charge on any atom is 0.271 e. The molecule has 27 heavy (non-hydrogen) atoms. The molecule has 2 atom stereocenters. The molecule has 138 valence electrons. The minimum atomic E-state index is -0.0160. The summed E-state index contributed by atoms with van der Waals surface area (Å²) in [4.78, 5) is 14.9. The highest BCUT2D eigenvalue weighted by atomic mass is 16.2. The molecule has 0 bridgehead atoms. The molecule has 2 aromatic carbocycles. The molecule has 1 aliphatic heterocycles. The van der Waals surface area contributed by atoms with E-state index in [1.165, 1.54) is 11.1 Å². The van der Waals surface area contributed by atoms with E-state index < -0.39 is 0 Å². The number of carbonyl (C=O) groups excluding carboxylic acids is 1. The fraction of sp³-hybridized carbons (Fsp3) is 0.273. The monoisotopic (exact) mass is 360 g/mol. The highest BCUT2D eigenvalue weighted by Crippen LogP contribution is 2.33. The minimum Gasteiger partial charge on any atom is -0.336 e. The number of likely N-dealkylation sites (tertiary alicyclic amines) is 1. The molecule has 1 aromatic heterocycles. The number of hydrogen-bond acceptors (Lipinski definition) is 3. The van der Waals surface area contributed by atoms with Gasteiger partial charge in [0.1, 0.15) is 5.69 Å². The molecule has 1 fully saturated rings. The van der Waals surface area contributed by atoms with Gasteiger partial charge < -0.3 is 10.6 Å². The zero-order valence-corrected chi connectivity index (χ0v) is 15.4. The summed E-state index contributed by atoms with van der Waals surface area (Å²) >= 11 is 0. The predicted octanol–water partition coefficient (Wildman–Crippen LogP) is 3.20. The molecule has 3 aromatic rings. The Morgan fingerprint density at radius 3 is 2.59 bits per heavy atom. The minimum absolute atomic E-state index is 0.0160. The summed E-state index contributed by atoms with van der Waals surface area (Å²) in [5.41, 5.74) is 10.7. The lowest BCUT2D eigenvalue weighted by molar-refractivity contribution is 0.0780. The van der Waals surface area contributed by atoms with Crippen LogP contribution in [0.2, 0.25) is 0 Å². The first-order valence-corrected chi connectivity index (χ1v) is 9.32. The van der Waals surface area contributed by atoms with Gasteiger partial charge in [0, 0.05) is 24.6 Å². The van der Waals surface area contributed by atoms with Crippen LogP contribution >= 0.6 is 0 Å². The molecule has 0 saturated carbocycles. The number of nitrogens with two attached hydrogens (primary N) is 1. The van der Waals surface area contributed by atoms with Gasteiger partial charge in [0.05, 0.1) is 5.69 Å². The van der Waals surface area contributed by atoms with Gasteiger partial charge in [0.15, 0.2) is 0 Å². The van der Waals surface area contributed by atoms with E-state index in [1.54, 1.807) is 0 Å². The molecule has 2 heterocycles. The van der Waals surface area contributed by atoms with Crippen molar-refractivity contribution in [2.45, 2.75) is 12.8 Å². The molecule has 0 unspecified atom stereocenters. The lowest BCUT2D eigenvalue weighted by atomic mass is 9.89. The SMILES string of the molecule is Cc1ccc(-c2cc(C(=O)N3C[C@@H](CN)[C@H](c4ccccc4)C3)[nH]n2)cc1. The van der Waals surface area contributed by atoms with Crippen molar-refractivity contribution in [1.29, 1.82) is 0 Å². The summed E-state index contributed by atoms with van der Waals surface area (Å²) in [6.07, 6.45) is 0. The largest absolute Gasteiger partial charge is 0.336 e. The van der Waals surface area contributed by atoms with Crippen LogP contribution in [0.5, 0.6) is 0 Å². The van der Waals surface area contributed by atoms with Gasteiger partial charge in [0.2, 0.25) is 0 Å². The molecule has 3 N–H and O–H groups in total. The first-order valence-electron chi connectivity index (χ1n) is 9.32. The molecule has 0 spiro atoms. The van der Waals surface area contributed by atoms with E-state index >= 15 is 0 Å². The predicted molar refractivity (Wildman–Crippen MR) is 106 cm³/mol. The Morgan fingerprint density at radius 1 is 1.15 bits per heavy atom. The number of rotatable bonds is 4. The van der Waals surface area contributed by atoms with Gasteiger partial charge in [-0.2, -0.15) is 5.10 Å². The first kappa shape index (κ1) is 17.5. The van der Waals surface area contributed by atoms with Crippen molar-refractivity contribution in [2.24, 2.45) is 11.7 Å². The Hall–Kier alpha value is -2.92.